The summed E-state index contributed by atoms with van der Waals surface area (Å²) in [7, 11) is 0. The molecule has 21 heavy (non-hydrogen) atoms. The maximum Gasteiger partial charge on any atom is 0.256 e. The van der Waals surface area contributed by atoms with Crippen molar-refractivity contribution in [2.45, 2.75) is 32.2 Å². The van der Waals surface area contributed by atoms with E-state index in [1.165, 1.54) is 17.0 Å². The fourth-order valence-electron chi connectivity index (χ4n) is 2.40. The molecule has 2 amide bonds. The number of likely N-dealkylation sites (tertiary alicyclic amines) is 1. The molecule has 1 N–H and O–H groups in total. The molecule has 2 rings (SSSR count). The smallest absolute Gasteiger partial charge is 0.256 e. The van der Waals surface area contributed by atoms with E-state index in [1.54, 1.807) is 6.92 Å². The predicted octanol–water partition coefficient (Wildman–Crippen LogP) is 2.10. The van der Waals surface area contributed by atoms with Gasteiger partial charge in [-0.2, -0.15) is 0 Å². The minimum absolute atomic E-state index is 0.0176. The summed E-state index contributed by atoms with van der Waals surface area (Å²) in [6, 6.07) is 3.63. The van der Waals surface area contributed by atoms with Gasteiger partial charge in [0.2, 0.25) is 5.91 Å². The fourth-order valence-corrected chi connectivity index (χ4v) is 2.40. The van der Waals surface area contributed by atoms with Gasteiger partial charge in [0.1, 0.15) is 0 Å². The summed E-state index contributed by atoms with van der Waals surface area (Å²) in [5, 5.41) is 2.88. The van der Waals surface area contributed by atoms with Gasteiger partial charge in [-0.15, -0.1) is 0 Å². The van der Waals surface area contributed by atoms with Crippen molar-refractivity contribution in [1.29, 1.82) is 0 Å². The standard InChI is InChI=1S/C15H18F2N2O2/c1-2-13(20)18-10-6-8-19(9-7-10)15(21)11-4-3-5-12(16)14(11)17/h3-5,10H,2,6-9H2,1H3,(H,18,20). The Morgan fingerprint density at radius 3 is 2.57 bits per heavy atom. The molecule has 0 atom stereocenters. The van der Waals surface area contributed by atoms with Crippen molar-refractivity contribution in [3.8, 4) is 0 Å². The van der Waals surface area contributed by atoms with Gasteiger partial charge in [0.05, 0.1) is 5.56 Å². The second-order valence-electron chi connectivity index (χ2n) is 5.09. The molecule has 1 saturated heterocycles. The van der Waals surface area contributed by atoms with E-state index in [9.17, 15) is 18.4 Å². The first-order valence-corrected chi connectivity index (χ1v) is 7.05. The van der Waals surface area contributed by atoms with Gasteiger partial charge >= 0.3 is 0 Å². The number of halogens is 2. The van der Waals surface area contributed by atoms with Crippen LogP contribution in [0.15, 0.2) is 18.2 Å². The highest BCUT2D eigenvalue weighted by molar-refractivity contribution is 5.94. The quantitative estimate of drug-likeness (QED) is 0.928. The van der Waals surface area contributed by atoms with E-state index in [0.717, 1.165) is 6.07 Å². The highest BCUT2D eigenvalue weighted by Gasteiger charge is 2.26. The Morgan fingerprint density at radius 2 is 1.95 bits per heavy atom. The zero-order valence-corrected chi connectivity index (χ0v) is 11.9. The van der Waals surface area contributed by atoms with Crippen molar-refractivity contribution >= 4 is 11.8 Å². The summed E-state index contributed by atoms with van der Waals surface area (Å²) < 4.78 is 26.8. The first-order chi connectivity index (χ1) is 10.0. The number of piperidine rings is 1. The van der Waals surface area contributed by atoms with Crippen LogP contribution in [-0.2, 0) is 4.79 Å². The molecule has 0 saturated carbocycles. The number of carbonyl (C=O) groups excluding carboxylic acids is 2. The lowest BCUT2D eigenvalue weighted by molar-refractivity contribution is -0.121. The van der Waals surface area contributed by atoms with E-state index in [4.69, 9.17) is 0 Å². The number of rotatable bonds is 3. The van der Waals surface area contributed by atoms with Gasteiger partial charge in [-0.1, -0.05) is 13.0 Å². The molecule has 0 spiro atoms. The van der Waals surface area contributed by atoms with Crippen LogP contribution in [0, 0.1) is 11.6 Å². The fraction of sp³-hybridized carbons (Fsp3) is 0.467. The van der Waals surface area contributed by atoms with Crippen molar-refractivity contribution in [1.82, 2.24) is 10.2 Å². The molecule has 114 valence electrons. The molecule has 4 nitrogen and oxygen atoms in total. The third-order valence-corrected chi connectivity index (χ3v) is 3.65. The Balaban J connectivity index is 1.97. The maximum absolute atomic E-state index is 13.6. The molecule has 1 aliphatic heterocycles. The Labute approximate surface area is 122 Å². The van der Waals surface area contributed by atoms with Crippen LogP contribution in [0.2, 0.25) is 0 Å². The summed E-state index contributed by atoms with van der Waals surface area (Å²) in [6.45, 7) is 2.62. The minimum atomic E-state index is -1.11. The maximum atomic E-state index is 13.6. The second-order valence-corrected chi connectivity index (χ2v) is 5.09. The number of hydrogen-bond donors (Lipinski definition) is 1. The van der Waals surface area contributed by atoms with E-state index in [0.29, 0.717) is 32.4 Å². The van der Waals surface area contributed by atoms with E-state index in [1.807, 2.05) is 0 Å². The largest absolute Gasteiger partial charge is 0.353 e. The predicted molar refractivity (Wildman–Crippen MR) is 73.7 cm³/mol. The van der Waals surface area contributed by atoms with Crippen LogP contribution in [-0.4, -0.2) is 35.8 Å². The molecule has 1 aliphatic rings. The lowest BCUT2D eigenvalue weighted by Crippen LogP contribution is -2.46. The molecule has 1 fully saturated rings. The van der Waals surface area contributed by atoms with Crippen LogP contribution in [0.3, 0.4) is 0 Å². The topological polar surface area (TPSA) is 49.4 Å². The van der Waals surface area contributed by atoms with Gasteiger partial charge in [0.25, 0.3) is 5.91 Å². The zero-order chi connectivity index (χ0) is 15.4. The van der Waals surface area contributed by atoms with E-state index >= 15 is 0 Å². The average molecular weight is 296 g/mol. The highest BCUT2D eigenvalue weighted by Crippen LogP contribution is 2.17. The second kappa shape index (κ2) is 6.65. The molecule has 0 aliphatic carbocycles. The van der Waals surface area contributed by atoms with Gasteiger partial charge in [-0.25, -0.2) is 8.78 Å². The summed E-state index contributed by atoms with van der Waals surface area (Å²) >= 11 is 0. The van der Waals surface area contributed by atoms with Crippen LogP contribution in [0.5, 0.6) is 0 Å². The normalized spacial score (nSPS) is 15.9. The summed E-state index contributed by atoms with van der Waals surface area (Å²) in [6.07, 6.45) is 1.66. The van der Waals surface area contributed by atoms with Crippen molar-refractivity contribution in [2.75, 3.05) is 13.1 Å². The van der Waals surface area contributed by atoms with Crippen molar-refractivity contribution in [3.63, 3.8) is 0 Å². The van der Waals surface area contributed by atoms with Gasteiger partial charge in [-0.05, 0) is 25.0 Å². The SMILES string of the molecule is CCC(=O)NC1CCN(C(=O)c2cccc(F)c2F)CC1. The first-order valence-electron chi connectivity index (χ1n) is 7.05. The van der Waals surface area contributed by atoms with Crippen LogP contribution in [0.25, 0.3) is 0 Å². The average Bonchev–Trinajstić information content (AvgIpc) is 2.50. The van der Waals surface area contributed by atoms with Gasteiger partial charge < -0.3 is 10.2 Å². The van der Waals surface area contributed by atoms with Crippen LogP contribution in [0.1, 0.15) is 36.5 Å². The van der Waals surface area contributed by atoms with Gasteiger partial charge in [0, 0.05) is 25.6 Å². The van der Waals surface area contributed by atoms with E-state index in [-0.39, 0.29) is 17.5 Å². The number of nitrogens with zero attached hydrogens (tertiary/aromatic N) is 1. The van der Waals surface area contributed by atoms with Crippen LogP contribution < -0.4 is 5.32 Å². The number of nitrogens with one attached hydrogen (secondary N) is 1. The van der Waals surface area contributed by atoms with Crippen LogP contribution >= 0.6 is 0 Å². The Kier molecular flexibility index (Phi) is 4.88. The third kappa shape index (κ3) is 3.56. The Morgan fingerprint density at radius 1 is 1.29 bits per heavy atom. The number of benzene rings is 1. The molecule has 0 unspecified atom stereocenters. The molecule has 0 bridgehead atoms. The monoisotopic (exact) mass is 296 g/mol. The van der Waals surface area contributed by atoms with Gasteiger partial charge in [-0.3, -0.25) is 9.59 Å². The lowest BCUT2D eigenvalue weighted by atomic mass is 10.0. The third-order valence-electron chi connectivity index (χ3n) is 3.65. The zero-order valence-electron chi connectivity index (χ0n) is 11.9. The Hall–Kier alpha value is -1.98. The molecule has 1 aromatic carbocycles. The van der Waals surface area contributed by atoms with Gasteiger partial charge in [0.15, 0.2) is 11.6 Å². The summed E-state index contributed by atoms with van der Waals surface area (Å²) in [4.78, 5) is 25.0. The molecule has 1 aromatic rings. The van der Waals surface area contributed by atoms with E-state index < -0.39 is 17.5 Å². The molecular formula is C15H18F2N2O2. The highest BCUT2D eigenvalue weighted by atomic mass is 19.2. The van der Waals surface area contributed by atoms with Crippen molar-refractivity contribution in [3.05, 3.63) is 35.4 Å². The lowest BCUT2D eigenvalue weighted by Gasteiger charge is -2.32. The molecule has 0 radical (unpaired) electrons. The molecule has 1 heterocycles. The number of hydrogen-bond acceptors (Lipinski definition) is 2. The molecule has 6 heteroatoms. The van der Waals surface area contributed by atoms with Crippen molar-refractivity contribution in [2.24, 2.45) is 0 Å². The minimum Gasteiger partial charge on any atom is -0.353 e. The molecular weight excluding hydrogens is 278 g/mol. The summed E-state index contributed by atoms with van der Waals surface area (Å²) in [5.41, 5.74) is -0.244. The van der Waals surface area contributed by atoms with Crippen LogP contribution in [0.4, 0.5) is 8.78 Å². The first kappa shape index (κ1) is 15.4. The Bertz CT molecular complexity index is 540. The summed E-state index contributed by atoms with van der Waals surface area (Å²) in [5.74, 6) is -2.65. The number of carbonyl (C=O) groups is 2. The van der Waals surface area contributed by atoms with E-state index in [2.05, 4.69) is 5.32 Å². The van der Waals surface area contributed by atoms with Crippen molar-refractivity contribution < 1.29 is 18.4 Å². The molecule has 0 aromatic heterocycles. The number of amides is 2.